The van der Waals surface area contributed by atoms with Crippen LogP contribution < -0.4 is 14.8 Å². The molecule has 1 aromatic carbocycles. The summed E-state index contributed by atoms with van der Waals surface area (Å²) in [6, 6.07) is 8.42. The zero-order valence-electron chi connectivity index (χ0n) is 33.4. The quantitative estimate of drug-likeness (QED) is 0.0956. The van der Waals surface area contributed by atoms with Gasteiger partial charge in [-0.05, 0) is 60.7 Å². The van der Waals surface area contributed by atoms with Crippen LogP contribution in [0.2, 0.25) is 0 Å². The van der Waals surface area contributed by atoms with E-state index in [1.54, 1.807) is 30.3 Å². The number of tetrazole rings is 1. The van der Waals surface area contributed by atoms with Crippen LogP contribution in [0.25, 0.3) is 11.1 Å². The number of rotatable bonds is 25. The molecule has 1 N–H and O–H groups in total. The van der Waals surface area contributed by atoms with Gasteiger partial charge in [0.2, 0.25) is 5.95 Å². The number of nitrogens with one attached hydrogen (secondary N) is 1. The number of anilines is 2. The van der Waals surface area contributed by atoms with Crippen molar-refractivity contribution in [2.75, 3.05) is 105 Å². The molecule has 4 aromatic rings. The first-order valence-corrected chi connectivity index (χ1v) is 19.9. The van der Waals surface area contributed by atoms with Crippen molar-refractivity contribution >= 4 is 11.6 Å². The van der Waals surface area contributed by atoms with E-state index in [9.17, 15) is 5.26 Å². The maximum absolute atomic E-state index is 9.72. The first-order chi connectivity index (χ1) is 28.6. The fourth-order valence-corrected chi connectivity index (χ4v) is 6.82. The number of hydrogen-bond acceptors (Lipinski definition) is 17. The molecule has 0 amide bonds. The molecule has 0 radical (unpaired) electrons. The lowest BCUT2D eigenvalue weighted by atomic mass is 9.90. The van der Waals surface area contributed by atoms with Crippen LogP contribution in [0.5, 0.6) is 11.6 Å². The summed E-state index contributed by atoms with van der Waals surface area (Å²) < 4.78 is 48.6. The van der Waals surface area contributed by atoms with Crippen LogP contribution in [0.15, 0.2) is 43.1 Å². The second-order valence-electron chi connectivity index (χ2n) is 13.9. The van der Waals surface area contributed by atoms with Gasteiger partial charge in [0.15, 0.2) is 0 Å². The van der Waals surface area contributed by atoms with E-state index in [2.05, 4.69) is 41.8 Å². The van der Waals surface area contributed by atoms with E-state index in [1.165, 1.54) is 6.33 Å². The van der Waals surface area contributed by atoms with Gasteiger partial charge in [-0.15, -0.1) is 10.2 Å². The molecule has 1 aliphatic carbocycles. The molecular formula is C39H55N11O8. The van der Waals surface area contributed by atoms with Crippen LogP contribution in [-0.4, -0.2) is 156 Å². The lowest BCUT2D eigenvalue weighted by Gasteiger charge is -2.38. The molecule has 1 saturated heterocycles. The molecule has 0 unspecified atom stereocenters. The summed E-state index contributed by atoms with van der Waals surface area (Å²) in [4.78, 5) is 11.8. The summed E-state index contributed by atoms with van der Waals surface area (Å²) in [5.74, 6) is 1.30. The molecule has 1 saturated carbocycles. The zero-order chi connectivity index (χ0) is 40.2. The van der Waals surface area contributed by atoms with E-state index in [-0.39, 0.29) is 12.1 Å². The molecule has 3 aromatic heterocycles. The predicted octanol–water partition coefficient (Wildman–Crippen LogP) is 3.32. The largest absolute Gasteiger partial charge is 0.487 e. The minimum absolute atomic E-state index is 0.252. The molecule has 58 heavy (non-hydrogen) atoms. The lowest BCUT2D eigenvalue weighted by molar-refractivity contribution is -0.00989. The van der Waals surface area contributed by atoms with Gasteiger partial charge in [-0.2, -0.15) is 5.26 Å². The number of aromatic nitrogens is 8. The fourth-order valence-electron chi connectivity index (χ4n) is 6.82. The Morgan fingerprint density at radius 1 is 0.862 bits per heavy atom. The van der Waals surface area contributed by atoms with E-state index in [1.807, 2.05) is 29.9 Å². The van der Waals surface area contributed by atoms with E-state index >= 15 is 0 Å². The van der Waals surface area contributed by atoms with Gasteiger partial charge in [-0.3, -0.25) is 9.58 Å². The van der Waals surface area contributed by atoms with Gasteiger partial charge >= 0.3 is 0 Å². The number of benzene rings is 1. The Morgan fingerprint density at radius 3 is 2.16 bits per heavy atom. The number of ether oxygens (including phenoxy) is 8. The van der Waals surface area contributed by atoms with Crippen LogP contribution in [0.3, 0.4) is 0 Å². The van der Waals surface area contributed by atoms with Crippen molar-refractivity contribution in [1.82, 2.24) is 44.9 Å². The average molecular weight is 806 g/mol. The topological polar surface area (TPSA) is 200 Å². The summed E-state index contributed by atoms with van der Waals surface area (Å²) in [6.07, 6.45) is 10.9. The molecule has 1 aliphatic heterocycles. The molecule has 19 nitrogen and oxygen atoms in total. The molecule has 1 atom stereocenters. The highest BCUT2D eigenvalue weighted by Crippen LogP contribution is 2.35. The Kier molecular flexibility index (Phi) is 17.4. The monoisotopic (exact) mass is 805 g/mol. The van der Waals surface area contributed by atoms with Gasteiger partial charge in [0.05, 0.1) is 97.0 Å². The number of methoxy groups -OCH3 is 1. The van der Waals surface area contributed by atoms with Gasteiger partial charge < -0.3 is 43.2 Å². The van der Waals surface area contributed by atoms with Crippen molar-refractivity contribution in [2.45, 2.75) is 57.3 Å². The number of nitrogens with zero attached hydrogens (tertiary/aromatic N) is 10. The molecule has 2 aliphatic rings. The minimum atomic E-state index is -0.287. The smallest absolute Gasteiger partial charge is 0.257 e. The minimum Gasteiger partial charge on any atom is -0.487 e. The van der Waals surface area contributed by atoms with Gasteiger partial charge in [0.1, 0.15) is 36.5 Å². The average Bonchev–Trinajstić information content (AvgIpc) is 3.92. The van der Waals surface area contributed by atoms with Gasteiger partial charge in [0.25, 0.3) is 5.88 Å². The van der Waals surface area contributed by atoms with Crippen LogP contribution in [-0.2, 0) is 35.0 Å². The molecule has 2 fully saturated rings. The second kappa shape index (κ2) is 23.6. The molecule has 4 heterocycles. The Hall–Kier alpha value is -4.81. The lowest BCUT2D eigenvalue weighted by Crippen LogP contribution is -2.45. The summed E-state index contributed by atoms with van der Waals surface area (Å²) in [5.41, 5.74) is 2.65. The molecule has 0 spiro atoms. The van der Waals surface area contributed by atoms with Crippen LogP contribution in [0, 0.1) is 11.3 Å². The standard InChI is InChI=1S/C39H55N11O8/c1-30(27-49-29-43-46-47-49)58-37-23-31(3-4-32(37)24-40)33-25-41-39(42-26-33)44-36-28-50(35-7-5-34(6-8-35)48-9-11-52-12-10-48)45-38(36)57-22-21-56-20-19-55-18-17-54-16-15-53-14-13-51-2/h3-4,23,25-26,28-30,34-35H,5-22,27H2,1-2H3,(H,41,42,44)/t30-,34?,35?/m0/s1. The van der Waals surface area contributed by atoms with Gasteiger partial charge in [-0.25, -0.2) is 14.6 Å². The molecule has 314 valence electrons. The van der Waals surface area contributed by atoms with Crippen molar-refractivity contribution < 1.29 is 37.9 Å². The number of hydrogen-bond donors (Lipinski definition) is 1. The predicted molar refractivity (Wildman–Crippen MR) is 210 cm³/mol. The Bertz CT molecular complexity index is 1790. The SMILES string of the molecule is COCCOCCOCCOCCOCCOc1nn(C2CCC(N3CCOCC3)CC2)cc1Nc1ncc(-c2ccc(C#N)c(O[C@@H](C)Cn3cnnn3)c2)cn1. The van der Waals surface area contributed by atoms with Gasteiger partial charge in [0, 0.05) is 44.2 Å². The molecule has 19 heteroatoms. The molecule has 6 rings (SSSR count). The van der Waals surface area contributed by atoms with Crippen LogP contribution in [0.1, 0.15) is 44.2 Å². The number of nitriles is 1. The van der Waals surface area contributed by atoms with Gasteiger partial charge in [-0.1, -0.05) is 6.07 Å². The molecule has 0 bridgehead atoms. The summed E-state index contributed by atoms with van der Waals surface area (Å²) in [6.45, 7) is 10.6. The van der Waals surface area contributed by atoms with Crippen molar-refractivity contribution in [3.63, 3.8) is 0 Å². The summed E-state index contributed by atoms with van der Waals surface area (Å²) in [7, 11) is 1.64. The maximum atomic E-state index is 9.72. The molecular weight excluding hydrogens is 750 g/mol. The fraction of sp³-hybridized carbons (Fsp3) is 0.615. The number of morpholine rings is 1. The third kappa shape index (κ3) is 13.4. The highest BCUT2D eigenvalue weighted by Gasteiger charge is 2.29. The van der Waals surface area contributed by atoms with E-state index in [4.69, 9.17) is 43.0 Å². The summed E-state index contributed by atoms with van der Waals surface area (Å²) >= 11 is 0. The van der Waals surface area contributed by atoms with E-state index in [0.29, 0.717) is 107 Å². The second-order valence-corrected chi connectivity index (χ2v) is 13.9. The van der Waals surface area contributed by atoms with Crippen LogP contribution >= 0.6 is 0 Å². The van der Waals surface area contributed by atoms with Crippen LogP contribution in [0.4, 0.5) is 11.6 Å². The maximum Gasteiger partial charge on any atom is 0.257 e. The van der Waals surface area contributed by atoms with E-state index < -0.39 is 0 Å². The summed E-state index contributed by atoms with van der Waals surface area (Å²) in [5, 5.41) is 29.2. The van der Waals surface area contributed by atoms with Crippen molar-refractivity contribution in [1.29, 1.82) is 5.26 Å². The highest BCUT2D eigenvalue weighted by atomic mass is 16.6. The zero-order valence-corrected chi connectivity index (χ0v) is 33.4. The first kappa shape index (κ1) is 42.8. The third-order valence-corrected chi connectivity index (χ3v) is 9.81. The third-order valence-electron chi connectivity index (χ3n) is 9.81. The van der Waals surface area contributed by atoms with E-state index in [0.717, 1.165) is 63.1 Å². The first-order valence-electron chi connectivity index (χ1n) is 19.9. The normalized spacial score (nSPS) is 17.8. The Balaban J connectivity index is 1.02. The Labute approximate surface area is 338 Å². The van der Waals surface area contributed by atoms with Crippen molar-refractivity contribution in [2.24, 2.45) is 0 Å². The van der Waals surface area contributed by atoms with Crippen molar-refractivity contribution in [3.05, 3.63) is 48.7 Å². The van der Waals surface area contributed by atoms with Crippen molar-refractivity contribution in [3.8, 4) is 28.8 Å². The Morgan fingerprint density at radius 2 is 1.52 bits per heavy atom. The highest BCUT2D eigenvalue weighted by molar-refractivity contribution is 5.67.